The van der Waals surface area contributed by atoms with E-state index in [4.69, 9.17) is 9.47 Å². The number of ether oxygens (including phenoxy) is 2. The Morgan fingerprint density at radius 2 is 2.20 bits per heavy atom. The van der Waals surface area contributed by atoms with Crippen molar-refractivity contribution in [3.05, 3.63) is 24.3 Å². The number of anilines is 1. The maximum absolute atomic E-state index is 11.7. The van der Waals surface area contributed by atoms with Crippen molar-refractivity contribution in [1.82, 2.24) is 5.32 Å². The normalized spacial score (nSPS) is 11.9. The first-order chi connectivity index (χ1) is 9.65. The van der Waals surface area contributed by atoms with Gasteiger partial charge in [0.15, 0.2) is 0 Å². The van der Waals surface area contributed by atoms with Crippen LogP contribution < -0.4 is 15.4 Å². The Morgan fingerprint density at radius 3 is 2.90 bits per heavy atom. The maximum Gasteiger partial charge on any atom is 0.238 e. The van der Waals surface area contributed by atoms with Gasteiger partial charge in [0.05, 0.1) is 26.4 Å². The summed E-state index contributed by atoms with van der Waals surface area (Å²) in [5, 5.41) is 15.2. The second-order valence-electron chi connectivity index (χ2n) is 4.35. The lowest BCUT2D eigenvalue weighted by molar-refractivity contribution is -0.115. The van der Waals surface area contributed by atoms with E-state index in [1.165, 1.54) is 7.11 Å². The first-order valence-electron chi connectivity index (χ1n) is 6.47. The van der Waals surface area contributed by atoms with Gasteiger partial charge in [-0.3, -0.25) is 4.79 Å². The summed E-state index contributed by atoms with van der Waals surface area (Å²) in [7, 11) is 3.12. The second-order valence-corrected chi connectivity index (χ2v) is 4.35. The molecule has 0 aromatic heterocycles. The fraction of sp³-hybridized carbons (Fsp3) is 0.500. The number of carbonyl (C=O) groups excluding carboxylic acids is 1. The molecule has 0 heterocycles. The van der Waals surface area contributed by atoms with Crippen molar-refractivity contribution in [2.45, 2.75) is 12.5 Å². The fourth-order valence-electron chi connectivity index (χ4n) is 1.65. The van der Waals surface area contributed by atoms with Gasteiger partial charge in [0.2, 0.25) is 5.91 Å². The Morgan fingerprint density at radius 1 is 1.40 bits per heavy atom. The first-order valence-corrected chi connectivity index (χ1v) is 6.47. The highest BCUT2D eigenvalue weighted by Crippen LogP contribution is 2.16. The summed E-state index contributed by atoms with van der Waals surface area (Å²) in [4.78, 5) is 11.7. The molecule has 6 heteroatoms. The van der Waals surface area contributed by atoms with Gasteiger partial charge in [-0.15, -0.1) is 0 Å². The quantitative estimate of drug-likeness (QED) is 0.579. The third kappa shape index (κ3) is 6.51. The van der Waals surface area contributed by atoms with Crippen molar-refractivity contribution >= 4 is 11.6 Å². The van der Waals surface area contributed by atoms with Gasteiger partial charge >= 0.3 is 0 Å². The van der Waals surface area contributed by atoms with Crippen molar-refractivity contribution in [3.63, 3.8) is 0 Å². The molecule has 0 bridgehead atoms. The van der Waals surface area contributed by atoms with Crippen LogP contribution in [0.3, 0.4) is 0 Å². The molecule has 0 saturated heterocycles. The summed E-state index contributed by atoms with van der Waals surface area (Å²) < 4.78 is 9.89. The number of aliphatic hydroxyl groups excluding tert-OH is 1. The van der Waals surface area contributed by atoms with Crippen molar-refractivity contribution in [3.8, 4) is 5.75 Å². The largest absolute Gasteiger partial charge is 0.497 e. The molecule has 6 nitrogen and oxygen atoms in total. The molecule has 1 unspecified atom stereocenters. The van der Waals surface area contributed by atoms with Gasteiger partial charge in [-0.1, -0.05) is 6.07 Å². The molecule has 1 aromatic rings. The van der Waals surface area contributed by atoms with Crippen molar-refractivity contribution in [1.29, 1.82) is 0 Å². The molecule has 0 spiro atoms. The Labute approximate surface area is 119 Å². The van der Waals surface area contributed by atoms with Crippen LogP contribution in [-0.2, 0) is 9.53 Å². The SMILES string of the molecule is COCC(O)CCNCC(=O)Nc1cccc(OC)c1. The van der Waals surface area contributed by atoms with E-state index in [0.717, 1.165) is 0 Å². The van der Waals surface area contributed by atoms with Crippen LogP contribution in [0.25, 0.3) is 0 Å². The van der Waals surface area contributed by atoms with Crippen LogP contribution in [0.15, 0.2) is 24.3 Å². The molecule has 1 rings (SSSR count). The third-order valence-corrected chi connectivity index (χ3v) is 2.65. The molecule has 0 radical (unpaired) electrons. The zero-order chi connectivity index (χ0) is 14.8. The van der Waals surface area contributed by atoms with E-state index in [1.807, 2.05) is 12.1 Å². The predicted octanol–water partition coefficient (Wildman–Crippen LogP) is 0.621. The Hall–Kier alpha value is -1.63. The molecule has 0 fully saturated rings. The minimum Gasteiger partial charge on any atom is -0.497 e. The zero-order valence-electron chi connectivity index (χ0n) is 11.9. The standard InChI is InChI=1S/C14H22N2O4/c1-19-10-12(17)6-7-15-9-14(18)16-11-4-3-5-13(8-11)20-2/h3-5,8,12,15,17H,6-7,9-10H2,1-2H3,(H,16,18). The highest BCUT2D eigenvalue weighted by molar-refractivity contribution is 5.92. The van der Waals surface area contributed by atoms with Crippen LogP contribution in [-0.4, -0.2) is 51.0 Å². The van der Waals surface area contributed by atoms with E-state index in [2.05, 4.69) is 10.6 Å². The number of amides is 1. The molecule has 0 aliphatic rings. The summed E-state index contributed by atoms with van der Waals surface area (Å²) in [6.45, 7) is 1.05. The molecule has 112 valence electrons. The maximum atomic E-state index is 11.7. The summed E-state index contributed by atoms with van der Waals surface area (Å²) in [6.07, 6.45) is 0.0363. The summed E-state index contributed by atoms with van der Waals surface area (Å²) in [6, 6.07) is 7.16. The number of carbonyl (C=O) groups is 1. The zero-order valence-corrected chi connectivity index (χ0v) is 11.9. The van der Waals surface area contributed by atoms with E-state index in [1.54, 1.807) is 19.2 Å². The van der Waals surface area contributed by atoms with Gasteiger partial charge in [-0.25, -0.2) is 0 Å². The minimum atomic E-state index is -0.506. The minimum absolute atomic E-state index is 0.139. The van der Waals surface area contributed by atoms with Gasteiger partial charge in [0.1, 0.15) is 5.75 Å². The molecule has 1 amide bonds. The number of aliphatic hydroxyl groups is 1. The number of hydrogen-bond donors (Lipinski definition) is 3. The Kier molecular flexibility index (Phi) is 7.64. The van der Waals surface area contributed by atoms with Crippen molar-refractivity contribution in [2.24, 2.45) is 0 Å². The molecule has 0 saturated carbocycles. The van der Waals surface area contributed by atoms with Crippen molar-refractivity contribution < 1.29 is 19.4 Å². The molecule has 0 aliphatic heterocycles. The number of hydrogen-bond acceptors (Lipinski definition) is 5. The molecule has 1 aromatic carbocycles. The molecule has 20 heavy (non-hydrogen) atoms. The average Bonchev–Trinajstić information content (AvgIpc) is 2.44. The van der Waals surface area contributed by atoms with Crippen LogP contribution in [0.2, 0.25) is 0 Å². The van der Waals surface area contributed by atoms with Crippen LogP contribution in [0.5, 0.6) is 5.75 Å². The Bertz CT molecular complexity index is 412. The van der Waals surface area contributed by atoms with Gasteiger partial charge in [0, 0.05) is 18.9 Å². The van der Waals surface area contributed by atoms with Crippen LogP contribution in [0, 0.1) is 0 Å². The predicted molar refractivity (Wildman–Crippen MR) is 77.0 cm³/mol. The summed E-state index contributed by atoms with van der Waals surface area (Å²) in [5.41, 5.74) is 0.690. The third-order valence-electron chi connectivity index (χ3n) is 2.65. The van der Waals surface area contributed by atoms with Gasteiger partial charge < -0.3 is 25.2 Å². The lowest BCUT2D eigenvalue weighted by Crippen LogP contribution is -2.31. The number of rotatable bonds is 9. The number of methoxy groups -OCH3 is 2. The summed E-state index contributed by atoms with van der Waals surface area (Å²) in [5.74, 6) is 0.554. The van der Waals surface area contributed by atoms with E-state index in [0.29, 0.717) is 31.0 Å². The Balaban J connectivity index is 2.23. The molecule has 3 N–H and O–H groups in total. The van der Waals surface area contributed by atoms with Crippen molar-refractivity contribution in [2.75, 3.05) is 39.2 Å². The molecule has 0 aliphatic carbocycles. The monoisotopic (exact) mass is 282 g/mol. The highest BCUT2D eigenvalue weighted by atomic mass is 16.5. The van der Waals surface area contributed by atoms with Crippen LogP contribution >= 0.6 is 0 Å². The van der Waals surface area contributed by atoms with Gasteiger partial charge in [0.25, 0.3) is 0 Å². The van der Waals surface area contributed by atoms with E-state index < -0.39 is 6.10 Å². The number of benzene rings is 1. The molecule has 1 atom stereocenters. The highest BCUT2D eigenvalue weighted by Gasteiger charge is 2.05. The van der Waals surface area contributed by atoms with Crippen LogP contribution in [0.4, 0.5) is 5.69 Å². The topological polar surface area (TPSA) is 79.8 Å². The smallest absolute Gasteiger partial charge is 0.238 e. The van der Waals surface area contributed by atoms with E-state index >= 15 is 0 Å². The molecular weight excluding hydrogens is 260 g/mol. The number of nitrogens with one attached hydrogen (secondary N) is 2. The summed E-state index contributed by atoms with van der Waals surface area (Å²) >= 11 is 0. The lowest BCUT2D eigenvalue weighted by atomic mass is 10.2. The van der Waals surface area contributed by atoms with Gasteiger partial charge in [-0.2, -0.15) is 0 Å². The first kappa shape index (κ1) is 16.4. The van der Waals surface area contributed by atoms with Gasteiger partial charge in [-0.05, 0) is 25.1 Å². The lowest BCUT2D eigenvalue weighted by Gasteiger charge is -2.10. The fourth-order valence-corrected chi connectivity index (χ4v) is 1.65. The molecular formula is C14H22N2O4. The average molecular weight is 282 g/mol. The van der Waals surface area contributed by atoms with E-state index in [9.17, 15) is 9.90 Å². The second kappa shape index (κ2) is 9.30. The van der Waals surface area contributed by atoms with Crippen LogP contribution in [0.1, 0.15) is 6.42 Å². The van der Waals surface area contributed by atoms with E-state index in [-0.39, 0.29) is 12.5 Å².